The van der Waals surface area contributed by atoms with Gasteiger partial charge in [0.15, 0.2) is 0 Å². The van der Waals surface area contributed by atoms with Crippen LogP contribution in [0.2, 0.25) is 0 Å². The van der Waals surface area contributed by atoms with Crippen LogP contribution in [0, 0.1) is 11.3 Å². The monoisotopic (exact) mass is 679 g/mol. The van der Waals surface area contributed by atoms with Crippen molar-refractivity contribution in [3.05, 3.63) is 66.6 Å². The van der Waals surface area contributed by atoms with Crippen molar-refractivity contribution in [1.29, 1.82) is 5.26 Å². The van der Waals surface area contributed by atoms with E-state index in [-0.39, 0.29) is 12.1 Å². The number of morpholine rings is 1. The van der Waals surface area contributed by atoms with Crippen LogP contribution in [-0.2, 0) is 24.8 Å². The SMILES string of the molecule is C[C@@H](Cn1cnnn1)Oc1cc(-c2cnc(Nc3cn([C@H]4CC[C@H](N5CCOCC5)CC4)nc3OCCc3ccnn3C)nc2)ccc1C#N. The van der Waals surface area contributed by atoms with Crippen LogP contribution < -0.4 is 14.8 Å². The van der Waals surface area contributed by atoms with E-state index in [9.17, 15) is 5.26 Å². The third-order valence-electron chi connectivity index (χ3n) is 9.32. The van der Waals surface area contributed by atoms with Gasteiger partial charge in [0, 0.05) is 62.4 Å². The lowest BCUT2D eigenvalue weighted by atomic mass is 9.90. The molecule has 50 heavy (non-hydrogen) atoms. The maximum Gasteiger partial charge on any atom is 0.256 e. The molecule has 1 aliphatic carbocycles. The molecular weight excluding hydrogens is 638 g/mol. The van der Waals surface area contributed by atoms with Crippen molar-refractivity contribution in [2.75, 3.05) is 38.2 Å². The first-order valence-electron chi connectivity index (χ1n) is 17.0. The first kappa shape index (κ1) is 33.1. The molecule has 5 heterocycles. The molecule has 1 aliphatic heterocycles. The average Bonchev–Trinajstić information content (AvgIpc) is 3.91. The van der Waals surface area contributed by atoms with Gasteiger partial charge in [-0.15, -0.1) is 10.2 Å². The van der Waals surface area contributed by atoms with Gasteiger partial charge in [-0.25, -0.2) is 14.6 Å². The van der Waals surface area contributed by atoms with E-state index in [4.69, 9.17) is 19.3 Å². The summed E-state index contributed by atoms with van der Waals surface area (Å²) in [6, 6.07) is 10.5. The molecule has 1 aromatic carbocycles. The molecule has 260 valence electrons. The molecule has 16 nitrogen and oxygen atoms in total. The van der Waals surface area contributed by atoms with E-state index in [1.54, 1.807) is 29.3 Å². The van der Waals surface area contributed by atoms with Gasteiger partial charge in [0.2, 0.25) is 5.95 Å². The molecule has 0 radical (unpaired) electrons. The Morgan fingerprint density at radius 2 is 1.86 bits per heavy atom. The molecule has 1 saturated heterocycles. The molecule has 0 spiro atoms. The maximum absolute atomic E-state index is 9.69. The van der Waals surface area contributed by atoms with Crippen LogP contribution in [0.3, 0.4) is 0 Å². The number of aromatic nitrogens is 10. The van der Waals surface area contributed by atoms with Gasteiger partial charge in [-0.3, -0.25) is 14.3 Å². The molecule has 2 fully saturated rings. The molecule has 16 heteroatoms. The zero-order valence-corrected chi connectivity index (χ0v) is 28.3. The van der Waals surface area contributed by atoms with E-state index in [0.717, 1.165) is 68.8 Å². The summed E-state index contributed by atoms with van der Waals surface area (Å²) >= 11 is 0. The molecule has 0 amide bonds. The predicted octanol–water partition coefficient (Wildman–Crippen LogP) is 3.58. The summed E-state index contributed by atoms with van der Waals surface area (Å²) in [6.45, 7) is 6.46. The van der Waals surface area contributed by atoms with Crippen molar-refractivity contribution >= 4 is 11.6 Å². The minimum Gasteiger partial charge on any atom is -0.487 e. The summed E-state index contributed by atoms with van der Waals surface area (Å²) < 4.78 is 23.4. The van der Waals surface area contributed by atoms with Crippen molar-refractivity contribution in [2.24, 2.45) is 7.05 Å². The Bertz CT molecular complexity index is 1870. The summed E-state index contributed by atoms with van der Waals surface area (Å²) in [5.41, 5.74) is 3.82. The molecule has 2 aliphatic rings. The van der Waals surface area contributed by atoms with E-state index in [1.165, 1.54) is 6.33 Å². The highest BCUT2D eigenvalue weighted by atomic mass is 16.5. The van der Waals surface area contributed by atoms with E-state index >= 15 is 0 Å². The van der Waals surface area contributed by atoms with Crippen LogP contribution in [0.15, 0.2) is 55.4 Å². The van der Waals surface area contributed by atoms with Crippen LogP contribution in [0.4, 0.5) is 11.6 Å². The predicted molar refractivity (Wildman–Crippen MR) is 182 cm³/mol. The first-order valence-corrected chi connectivity index (χ1v) is 17.0. The molecule has 0 bridgehead atoms. The average molecular weight is 680 g/mol. The molecule has 1 saturated carbocycles. The minimum absolute atomic E-state index is 0.273. The van der Waals surface area contributed by atoms with Crippen molar-refractivity contribution in [3.8, 4) is 28.8 Å². The van der Waals surface area contributed by atoms with Crippen molar-refractivity contribution in [2.45, 2.75) is 63.8 Å². The number of tetrazole rings is 1. The Hall–Kier alpha value is -5.40. The number of ether oxygens (including phenoxy) is 3. The lowest BCUT2D eigenvalue weighted by Crippen LogP contribution is -2.45. The minimum atomic E-state index is -0.273. The van der Waals surface area contributed by atoms with Gasteiger partial charge in [0.05, 0.1) is 44.2 Å². The number of nitrogens with zero attached hydrogens (tertiary/aromatic N) is 12. The van der Waals surface area contributed by atoms with Gasteiger partial charge < -0.3 is 19.5 Å². The topological polar surface area (TPSA) is 172 Å². The highest BCUT2D eigenvalue weighted by Gasteiger charge is 2.29. The van der Waals surface area contributed by atoms with E-state index in [0.29, 0.717) is 54.4 Å². The number of hydrogen-bond donors (Lipinski definition) is 1. The quantitative estimate of drug-likeness (QED) is 0.192. The van der Waals surface area contributed by atoms with Gasteiger partial charge in [-0.2, -0.15) is 10.4 Å². The second-order valence-electron chi connectivity index (χ2n) is 12.7. The molecule has 5 aromatic rings. The fraction of sp³-hybridized carbons (Fsp3) is 0.471. The fourth-order valence-corrected chi connectivity index (χ4v) is 6.62. The number of aryl methyl sites for hydroxylation is 1. The van der Waals surface area contributed by atoms with Gasteiger partial charge in [0.25, 0.3) is 5.88 Å². The van der Waals surface area contributed by atoms with E-state index in [2.05, 4.69) is 46.9 Å². The van der Waals surface area contributed by atoms with Crippen molar-refractivity contribution in [1.82, 2.24) is 54.6 Å². The summed E-state index contributed by atoms with van der Waals surface area (Å²) in [6.07, 6.45) is 13.6. The van der Waals surface area contributed by atoms with E-state index < -0.39 is 0 Å². The number of benzene rings is 1. The van der Waals surface area contributed by atoms with Crippen LogP contribution in [0.25, 0.3) is 11.1 Å². The van der Waals surface area contributed by atoms with Crippen LogP contribution in [-0.4, -0.2) is 99.7 Å². The molecule has 7 rings (SSSR count). The molecule has 4 aromatic heterocycles. The number of anilines is 2. The first-order chi connectivity index (χ1) is 24.5. The highest BCUT2D eigenvalue weighted by Crippen LogP contribution is 2.35. The summed E-state index contributed by atoms with van der Waals surface area (Å²) in [7, 11) is 1.93. The lowest BCUT2D eigenvalue weighted by molar-refractivity contribution is 0.00503. The third-order valence-corrected chi connectivity index (χ3v) is 9.32. The molecule has 1 N–H and O–H groups in total. The fourth-order valence-electron chi connectivity index (χ4n) is 6.62. The van der Waals surface area contributed by atoms with Crippen LogP contribution in [0.5, 0.6) is 11.6 Å². The van der Waals surface area contributed by atoms with Crippen molar-refractivity contribution < 1.29 is 14.2 Å². The largest absolute Gasteiger partial charge is 0.487 e. The van der Waals surface area contributed by atoms with E-state index in [1.807, 2.05) is 47.7 Å². The zero-order valence-electron chi connectivity index (χ0n) is 28.3. The highest BCUT2D eigenvalue weighted by molar-refractivity contribution is 5.67. The Morgan fingerprint density at radius 1 is 1.06 bits per heavy atom. The smallest absolute Gasteiger partial charge is 0.256 e. The number of nitrogens with one attached hydrogen (secondary N) is 1. The van der Waals surface area contributed by atoms with Gasteiger partial charge >= 0.3 is 0 Å². The van der Waals surface area contributed by atoms with Crippen molar-refractivity contribution in [3.63, 3.8) is 0 Å². The summed E-state index contributed by atoms with van der Waals surface area (Å²) in [5.74, 6) is 1.40. The molecule has 0 unspecified atom stereocenters. The maximum atomic E-state index is 9.69. The Labute approximate surface area is 290 Å². The normalized spacial score (nSPS) is 18.7. The van der Waals surface area contributed by atoms with Gasteiger partial charge in [0.1, 0.15) is 29.9 Å². The standard InChI is InChI=1S/C34H41N13O3/c1-24(21-46-23-38-42-43-46)50-32-17-25(3-4-26(32)18-35)27-19-36-34(37-20-27)40-31-22-47(41-33(31)49-14-10-28-9-11-39-44(28)2)30-7-5-29(6-8-30)45-12-15-48-16-13-45/h3-4,9,11,17,19-20,22-24,29-30H,5-8,10,12-16,21H2,1-2H3,(H,36,37,40)/t24-,29-,30-/m0/s1. The zero-order chi connectivity index (χ0) is 34.3. The number of nitriles is 1. The Balaban J connectivity index is 1.04. The molecular formula is C34H41N13O3. The number of hydrogen-bond acceptors (Lipinski definition) is 13. The Morgan fingerprint density at radius 3 is 2.58 bits per heavy atom. The summed E-state index contributed by atoms with van der Waals surface area (Å²) in [5, 5.41) is 33.4. The van der Waals surface area contributed by atoms with Crippen LogP contribution >= 0.6 is 0 Å². The summed E-state index contributed by atoms with van der Waals surface area (Å²) in [4.78, 5) is 11.8. The third kappa shape index (κ3) is 7.90. The van der Waals surface area contributed by atoms with Gasteiger partial charge in [-0.1, -0.05) is 6.07 Å². The van der Waals surface area contributed by atoms with Crippen LogP contribution in [0.1, 0.15) is 49.9 Å². The second kappa shape index (κ2) is 15.4. The second-order valence-corrected chi connectivity index (χ2v) is 12.7. The lowest BCUT2D eigenvalue weighted by Gasteiger charge is -2.38. The van der Waals surface area contributed by atoms with Gasteiger partial charge in [-0.05, 0) is 66.8 Å². The Kier molecular flexibility index (Phi) is 10.2. The molecule has 1 atom stereocenters. The number of rotatable bonds is 13.